The lowest BCUT2D eigenvalue weighted by Crippen LogP contribution is -2.49. The summed E-state index contributed by atoms with van der Waals surface area (Å²) in [6.45, 7) is 10.4. The van der Waals surface area contributed by atoms with Crippen LogP contribution in [-0.4, -0.2) is 72.5 Å². The fourth-order valence-corrected chi connectivity index (χ4v) is 2.54. The van der Waals surface area contributed by atoms with Gasteiger partial charge in [-0.2, -0.15) is 0 Å². The van der Waals surface area contributed by atoms with Gasteiger partial charge in [0.1, 0.15) is 0 Å². The molecule has 2 N–H and O–H groups in total. The Labute approximate surface area is 149 Å². The molecule has 8 nitrogen and oxygen atoms in total. The van der Waals surface area contributed by atoms with Gasteiger partial charge < -0.3 is 20.4 Å². The van der Waals surface area contributed by atoms with Gasteiger partial charge >= 0.3 is 0 Å². The highest BCUT2D eigenvalue weighted by Gasteiger charge is 2.21. The van der Waals surface area contributed by atoms with E-state index in [-0.39, 0.29) is 5.91 Å². The van der Waals surface area contributed by atoms with Gasteiger partial charge in [-0.3, -0.25) is 9.79 Å². The van der Waals surface area contributed by atoms with Gasteiger partial charge in [0, 0.05) is 58.1 Å². The molecule has 0 radical (unpaired) electrons. The van der Waals surface area contributed by atoms with Crippen LogP contribution in [-0.2, 0) is 4.79 Å². The molecule has 1 saturated heterocycles. The minimum absolute atomic E-state index is 0.136. The second kappa shape index (κ2) is 10.3. The molecule has 2 heterocycles. The first-order valence-corrected chi connectivity index (χ1v) is 8.67. The molecule has 1 amide bonds. The number of carbonyl (C=O) groups excluding carboxylic acids is 1. The summed E-state index contributed by atoms with van der Waals surface area (Å²) >= 11 is 0. The maximum atomic E-state index is 12.3. The highest BCUT2D eigenvalue weighted by Crippen LogP contribution is 2.10. The maximum absolute atomic E-state index is 12.3. The monoisotopic (exact) mass is 345 g/mol. The van der Waals surface area contributed by atoms with Crippen LogP contribution in [0, 0.1) is 0 Å². The average molecular weight is 345 g/mol. The summed E-state index contributed by atoms with van der Waals surface area (Å²) in [5.41, 5.74) is 0. The predicted octanol–water partition coefficient (Wildman–Crippen LogP) is 0.256. The van der Waals surface area contributed by atoms with E-state index >= 15 is 0 Å². The summed E-state index contributed by atoms with van der Waals surface area (Å²) in [6.07, 6.45) is 5.65. The number of hydrogen-bond acceptors (Lipinski definition) is 5. The zero-order valence-corrected chi connectivity index (χ0v) is 14.8. The average Bonchev–Trinajstić information content (AvgIpc) is 2.67. The second-order valence-corrected chi connectivity index (χ2v) is 5.60. The number of anilines is 1. The van der Waals surface area contributed by atoms with E-state index in [2.05, 4.69) is 37.1 Å². The molecule has 0 saturated carbocycles. The van der Waals surface area contributed by atoms with E-state index < -0.39 is 0 Å². The number of piperazine rings is 1. The Balaban J connectivity index is 1.75. The van der Waals surface area contributed by atoms with Gasteiger partial charge in [-0.25, -0.2) is 9.97 Å². The normalized spacial score (nSPS) is 15.0. The van der Waals surface area contributed by atoms with E-state index in [1.165, 1.54) is 0 Å². The van der Waals surface area contributed by atoms with Crippen LogP contribution in [0.2, 0.25) is 0 Å². The molecule has 0 atom stereocenters. The molecule has 1 aliphatic heterocycles. The Morgan fingerprint density at radius 3 is 2.64 bits per heavy atom. The molecule has 8 heteroatoms. The van der Waals surface area contributed by atoms with Crippen LogP contribution in [0.3, 0.4) is 0 Å². The fraction of sp³-hybridized carbons (Fsp3) is 0.529. The van der Waals surface area contributed by atoms with Crippen LogP contribution in [0.1, 0.15) is 13.3 Å². The minimum atomic E-state index is 0.136. The number of guanidine groups is 1. The predicted molar refractivity (Wildman–Crippen MR) is 99.6 cm³/mol. The van der Waals surface area contributed by atoms with Gasteiger partial charge in [-0.05, 0) is 13.0 Å². The van der Waals surface area contributed by atoms with Crippen molar-refractivity contribution in [2.45, 2.75) is 13.3 Å². The number of nitrogens with one attached hydrogen (secondary N) is 2. The lowest BCUT2D eigenvalue weighted by atomic mass is 10.3. The summed E-state index contributed by atoms with van der Waals surface area (Å²) < 4.78 is 0. The number of rotatable bonds is 7. The molecular formula is C17H27N7O. The molecule has 1 aromatic rings. The molecule has 0 unspecified atom stereocenters. The van der Waals surface area contributed by atoms with E-state index in [1.54, 1.807) is 24.5 Å². The molecule has 136 valence electrons. The van der Waals surface area contributed by atoms with Crippen molar-refractivity contribution in [1.82, 2.24) is 25.5 Å². The molecular weight excluding hydrogens is 318 g/mol. The van der Waals surface area contributed by atoms with Crippen molar-refractivity contribution in [1.29, 1.82) is 0 Å². The van der Waals surface area contributed by atoms with Gasteiger partial charge in [0.25, 0.3) is 0 Å². The van der Waals surface area contributed by atoms with Crippen LogP contribution in [0.15, 0.2) is 36.1 Å². The van der Waals surface area contributed by atoms with Gasteiger partial charge in [0.05, 0.1) is 6.54 Å². The summed E-state index contributed by atoms with van der Waals surface area (Å²) in [5, 5.41) is 6.26. The van der Waals surface area contributed by atoms with E-state index in [9.17, 15) is 4.79 Å². The van der Waals surface area contributed by atoms with Gasteiger partial charge in [-0.1, -0.05) is 6.08 Å². The second-order valence-electron chi connectivity index (χ2n) is 5.60. The van der Waals surface area contributed by atoms with E-state index in [0.717, 1.165) is 25.6 Å². The van der Waals surface area contributed by atoms with Gasteiger partial charge in [0.2, 0.25) is 11.9 Å². The standard InChI is InChI=1S/C17H27N7O/c1-3-7-19-16(18-4-2)20-10-6-15(25)23-11-13-24(14-12-23)17-21-8-5-9-22-17/h3,5,8-9H,1,4,6-7,10-14H2,2H3,(H2,18,19,20). The molecule has 25 heavy (non-hydrogen) atoms. The third kappa shape index (κ3) is 6.06. The quantitative estimate of drug-likeness (QED) is 0.419. The number of amides is 1. The van der Waals surface area contributed by atoms with Crippen molar-refractivity contribution in [2.24, 2.45) is 4.99 Å². The minimum Gasteiger partial charge on any atom is -0.357 e. The van der Waals surface area contributed by atoms with Crippen LogP contribution in [0.4, 0.5) is 5.95 Å². The number of carbonyl (C=O) groups is 1. The highest BCUT2D eigenvalue weighted by atomic mass is 16.2. The van der Waals surface area contributed by atoms with Crippen LogP contribution < -0.4 is 15.5 Å². The first-order valence-electron chi connectivity index (χ1n) is 8.67. The lowest BCUT2D eigenvalue weighted by molar-refractivity contribution is -0.131. The number of aliphatic imine (C=N–C) groups is 1. The largest absolute Gasteiger partial charge is 0.357 e. The Bertz CT molecular complexity index is 568. The first-order chi connectivity index (χ1) is 12.2. The summed E-state index contributed by atoms with van der Waals surface area (Å²) in [7, 11) is 0. The number of aromatic nitrogens is 2. The molecule has 0 spiro atoms. The Morgan fingerprint density at radius 1 is 1.28 bits per heavy atom. The van der Waals surface area contributed by atoms with E-state index in [1.807, 2.05) is 11.8 Å². The molecule has 0 bridgehead atoms. The van der Waals surface area contributed by atoms with Gasteiger partial charge in [-0.15, -0.1) is 6.58 Å². The fourth-order valence-electron chi connectivity index (χ4n) is 2.54. The topological polar surface area (TPSA) is 85.8 Å². The van der Waals surface area contributed by atoms with Crippen molar-refractivity contribution in [2.75, 3.05) is 50.7 Å². The number of hydrogen-bond donors (Lipinski definition) is 2. The van der Waals surface area contributed by atoms with Crippen molar-refractivity contribution in [3.63, 3.8) is 0 Å². The molecule has 1 aromatic heterocycles. The molecule has 1 fully saturated rings. The van der Waals surface area contributed by atoms with Crippen molar-refractivity contribution in [3.05, 3.63) is 31.1 Å². The van der Waals surface area contributed by atoms with E-state index in [0.29, 0.717) is 38.6 Å². The van der Waals surface area contributed by atoms with Crippen molar-refractivity contribution >= 4 is 17.8 Å². The van der Waals surface area contributed by atoms with Crippen LogP contribution in [0.5, 0.6) is 0 Å². The SMILES string of the molecule is C=CCNC(=NCCC(=O)N1CCN(c2ncccn2)CC1)NCC. The summed E-state index contributed by atoms with van der Waals surface area (Å²) in [5.74, 6) is 1.57. The third-order valence-corrected chi connectivity index (χ3v) is 3.82. The Kier molecular flexibility index (Phi) is 7.68. The van der Waals surface area contributed by atoms with Gasteiger partial charge in [0.15, 0.2) is 5.96 Å². The molecule has 0 aliphatic carbocycles. The Hall–Kier alpha value is -2.64. The molecule has 2 rings (SSSR count). The van der Waals surface area contributed by atoms with Crippen LogP contribution in [0.25, 0.3) is 0 Å². The Morgan fingerprint density at radius 2 is 2.00 bits per heavy atom. The van der Waals surface area contributed by atoms with Crippen LogP contribution >= 0.6 is 0 Å². The van der Waals surface area contributed by atoms with E-state index in [4.69, 9.17) is 0 Å². The smallest absolute Gasteiger partial charge is 0.225 e. The lowest BCUT2D eigenvalue weighted by Gasteiger charge is -2.34. The summed E-state index contributed by atoms with van der Waals surface area (Å²) in [4.78, 5) is 29.3. The highest BCUT2D eigenvalue weighted by molar-refractivity contribution is 5.81. The van der Waals surface area contributed by atoms with Crippen molar-refractivity contribution in [3.8, 4) is 0 Å². The maximum Gasteiger partial charge on any atom is 0.225 e. The van der Waals surface area contributed by atoms with Crippen molar-refractivity contribution < 1.29 is 4.79 Å². The summed E-state index contributed by atoms with van der Waals surface area (Å²) in [6, 6.07) is 1.80. The number of nitrogens with zero attached hydrogens (tertiary/aromatic N) is 5. The molecule has 1 aliphatic rings. The first kappa shape index (κ1) is 18.7. The molecule has 0 aromatic carbocycles. The zero-order valence-electron chi connectivity index (χ0n) is 14.8. The third-order valence-electron chi connectivity index (χ3n) is 3.82. The zero-order chi connectivity index (χ0) is 17.9.